The summed E-state index contributed by atoms with van der Waals surface area (Å²) in [6, 6.07) is 0.904. The first-order valence-corrected chi connectivity index (χ1v) is 10.5. The fourth-order valence-corrected chi connectivity index (χ4v) is 5.97. The number of thiophene rings is 1. The summed E-state index contributed by atoms with van der Waals surface area (Å²) in [6.07, 6.45) is 3.27. The first-order valence-electron chi connectivity index (χ1n) is 7.67. The fourth-order valence-electron chi connectivity index (χ4n) is 2.38. The average Bonchev–Trinajstić information content (AvgIpc) is 2.87. The number of rotatable bonds is 11. The predicted octanol–water partition coefficient (Wildman–Crippen LogP) is 4.29. The Morgan fingerprint density at radius 2 is 1.45 bits per heavy atom. The lowest BCUT2D eigenvalue weighted by Crippen LogP contribution is -2.46. The van der Waals surface area contributed by atoms with E-state index >= 15 is 0 Å². The lowest BCUT2D eigenvalue weighted by Gasteiger charge is -2.28. The van der Waals surface area contributed by atoms with E-state index in [-0.39, 0.29) is 0 Å². The standard InChI is InChI=1S/C15H28O3SSi/c1-5-14-12-19-13-15(14)10-9-11-20(16-6-2,17-7-3)18-8-4/h12-13H,5-11H2,1-4H3. The molecule has 1 aromatic heterocycles. The van der Waals surface area contributed by atoms with Crippen LogP contribution >= 0.6 is 11.3 Å². The third-order valence-electron chi connectivity index (χ3n) is 3.24. The topological polar surface area (TPSA) is 27.7 Å². The van der Waals surface area contributed by atoms with Crippen molar-refractivity contribution in [3.8, 4) is 0 Å². The molecule has 116 valence electrons. The molecule has 0 bridgehead atoms. The van der Waals surface area contributed by atoms with Crippen LogP contribution in [0.1, 0.15) is 45.2 Å². The Bertz CT molecular complexity index is 351. The van der Waals surface area contributed by atoms with Crippen LogP contribution in [-0.2, 0) is 26.1 Å². The van der Waals surface area contributed by atoms with E-state index in [0.29, 0.717) is 19.8 Å². The number of aryl methyl sites for hydroxylation is 2. The van der Waals surface area contributed by atoms with Gasteiger partial charge in [-0.05, 0) is 61.9 Å². The van der Waals surface area contributed by atoms with E-state index in [0.717, 1.165) is 25.3 Å². The van der Waals surface area contributed by atoms with Crippen molar-refractivity contribution in [1.82, 2.24) is 0 Å². The molecule has 0 spiro atoms. The Hall–Kier alpha value is -0.203. The van der Waals surface area contributed by atoms with Crippen LogP contribution in [0.15, 0.2) is 10.8 Å². The van der Waals surface area contributed by atoms with Crippen molar-refractivity contribution in [2.45, 2.75) is 53.0 Å². The van der Waals surface area contributed by atoms with E-state index in [1.54, 1.807) is 11.3 Å². The maximum absolute atomic E-state index is 5.88. The molecule has 0 N–H and O–H groups in total. The first-order chi connectivity index (χ1) is 9.71. The zero-order chi connectivity index (χ0) is 14.8. The van der Waals surface area contributed by atoms with Gasteiger partial charge in [0.2, 0.25) is 0 Å². The van der Waals surface area contributed by atoms with Crippen LogP contribution in [0.25, 0.3) is 0 Å². The minimum absolute atomic E-state index is 0.658. The molecule has 0 atom stereocenters. The van der Waals surface area contributed by atoms with Crippen molar-refractivity contribution in [1.29, 1.82) is 0 Å². The second-order valence-electron chi connectivity index (χ2n) is 4.61. The molecular weight excluding hydrogens is 288 g/mol. The maximum Gasteiger partial charge on any atom is 0.500 e. The molecule has 20 heavy (non-hydrogen) atoms. The Balaban J connectivity index is 2.56. The van der Waals surface area contributed by atoms with Crippen LogP contribution in [0.4, 0.5) is 0 Å². The fraction of sp³-hybridized carbons (Fsp3) is 0.733. The van der Waals surface area contributed by atoms with Gasteiger partial charge in [-0.3, -0.25) is 0 Å². The lowest BCUT2D eigenvalue weighted by molar-refractivity contribution is 0.0708. The van der Waals surface area contributed by atoms with Gasteiger partial charge >= 0.3 is 8.80 Å². The van der Waals surface area contributed by atoms with Crippen LogP contribution in [0, 0.1) is 0 Å². The van der Waals surface area contributed by atoms with Gasteiger partial charge in [0.05, 0.1) is 0 Å². The molecule has 0 saturated heterocycles. The molecule has 0 aromatic carbocycles. The van der Waals surface area contributed by atoms with Crippen molar-refractivity contribution in [2.75, 3.05) is 19.8 Å². The summed E-state index contributed by atoms with van der Waals surface area (Å²) in [5.41, 5.74) is 2.95. The Morgan fingerprint density at radius 1 is 0.900 bits per heavy atom. The highest BCUT2D eigenvalue weighted by Gasteiger charge is 2.39. The molecule has 1 aromatic rings. The minimum atomic E-state index is -2.45. The van der Waals surface area contributed by atoms with Gasteiger partial charge in [0.1, 0.15) is 0 Å². The van der Waals surface area contributed by atoms with Gasteiger partial charge in [-0.2, -0.15) is 11.3 Å². The van der Waals surface area contributed by atoms with E-state index in [2.05, 4.69) is 17.7 Å². The zero-order valence-corrected chi connectivity index (χ0v) is 15.1. The quantitative estimate of drug-likeness (QED) is 0.570. The Labute approximate surface area is 128 Å². The molecule has 5 heteroatoms. The molecule has 0 amide bonds. The van der Waals surface area contributed by atoms with E-state index in [1.165, 1.54) is 11.1 Å². The van der Waals surface area contributed by atoms with Gasteiger partial charge in [0, 0.05) is 25.9 Å². The molecule has 0 aliphatic heterocycles. The number of hydrogen-bond acceptors (Lipinski definition) is 4. The highest BCUT2D eigenvalue weighted by molar-refractivity contribution is 7.08. The SMILES string of the molecule is CCO[Si](CCCc1cscc1CC)(OCC)OCC. The maximum atomic E-state index is 5.88. The summed E-state index contributed by atoms with van der Waals surface area (Å²) in [5, 5.41) is 4.53. The van der Waals surface area contributed by atoms with Gasteiger partial charge in [-0.15, -0.1) is 0 Å². The van der Waals surface area contributed by atoms with Gasteiger partial charge in [0.15, 0.2) is 0 Å². The summed E-state index contributed by atoms with van der Waals surface area (Å²) in [4.78, 5) is 0. The molecule has 0 saturated carbocycles. The van der Waals surface area contributed by atoms with Crippen molar-refractivity contribution < 1.29 is 13.3 Å². The second kappa shape index (κ2) is 9.68. The van der Waals surface area contributed by atoms with Crippen molar-refractivity contribution in [2.24, 2.45) is 0 Å². The van der Waals surface area contributed by atoms with Crippen LogP contribution in [0.2, 0.25) is 6.04 Å². The van der Waals surface area contributed by atoms with E-state index < -0.39 is 8.80 Å². The summed E-state index contributed by atoms with van der Waals surface area (Å²) in [5.74, 6) is 0. The van der Waals surface area contributed by atoms with Gasteiger partial charge in [0.25, 0.3) is 0 Å². The molecule has 1 heterocycles. The third kappa shape index (κ3) is 5.29. The molecule has 3 nitrogen and oxygen atoms in total. The second-order valence-corrected chi connectivity index (χ2v) is 8.09. The predicted molar refractivity (Wildman–Crippen MR) is 87.5 cm³/mol. The molecule has 1 rings (SSSR count). The Kier molecular flexibility index (Phi) is 8.64. The third-order valence-corrected chi connectivity index (χ3v) is 7.23. The molecule has 0 unspecified atom stereocenters. The number of hydrogen-bond donors (Lipinski definition) is 0. The lowest BCUT2D eigenvalue weighted by atomic mass is 10.1. The zero-order valence-electron chi connectivity index (χ0n) is 13.2. The highest BCUT2D eigenvalue weighted by Crippen LogP contribution is 2.23. The summed E-state index contributed by atoms with van der Waals surface area (Å²) in [7, 11) is -2.45. The van der Waals surface area contributed by atoms with Crippen LogP contribution < -0.4 is 0 Å². The van der Waals surface area contributed by atoms with E-state index in [4.69, 9.17) is 13.3 Å². The van der Waals surface area contributed by atoms with E-state index in [9.17, 15) is 0 Å². The smallest absolute Gasteiger partial charge is 0.374 e. The minimum Gasteiger partial charge on any atom is -0.374 e. The normalized spacial score (nSPS) is 12.0. The molecule has 0 aliphatic carbocycles. The van der Waals surface area contributed by atoms with Crippen LogP contribution in [0.3, 0.4) is 0 Å². The van der Waals surface area contributed by atoms with E-state index in [1.807, 2.05) is 20.8 Å². The van der Waals surface area contributed by atoms with Crippen molar-refractivity contribution in [3.05, 3.63) is 21.9 Å². The summed E-state index contributed by atoms with van der Waals surface area (Å²) < 4.78 is 17.7. The van der Waals surface area contributed by atoms with Crippen molar-refractivity contribution >= 4 is 20.1 Å². The van der Waals surface area contributed by atoms with Crippen LogP contribution in [0.5, 0.6) is 0 Å². The summed E-state index contributed by atoms with van der Waals surface area (Å²) >= 11 is 1.80. The monoisotopic (exact) mass is 316 g/mol. The largest absolute Gasteiger partial charge is 0.500 e. The van der Waals surface area contributed by atoms with Gasteiger partial charge < -0.3 is 13.3 Å². The van der Waals surface area contributed by atoms with Gasteiger partial charge in [-0.1, -0.05) is 6.92 Å². The molecular formula is C15H28O3SSi. The summed E-state index contributed by atoms with van der Waals surface area (Å²) in [6.45, 7) is 10.2. The first kappa shape index (κ1) is 17.8. The molecule has 0 aliphatic rings. The Morgan fingerprint density at radius 3 is 1.95 bits per heavy atom. The molecule has 0 radical (unpaired) electrons. The van der Waals surface area contributed by atoms with Gasteiger partial charge in [-0.25, -0.2) is 0 Å². The van der Waals surface area contributed by atoms with Crippen molar-refractivity contribution in [3.63, 3.8) is 0 Å². The highest BCUT2D eigenvalue weighted by atomic mass is 32.1. The van der Waals surface area contributed by atoms with Crippen LogP contribution in [-0.4, -0.2) is 28.6 Å². The average molecular weight is 317 g/mol. The molecule has 0 fully saturated rings.